The molecule has 0 radical (unpaired) electrons. The summed E-state index contributed by atoms with van der Waals surface area (Å²) in [5.41, 5.74) is 1.05. The van der Waals surface area contributed by atoms with Crippen molar-refractivity contribution in [1.82, 2.24) is 5.32 Å². The molecule has 2 aromatic rings. The van der Waals surface area contributed by atoms with Gasteiger partial charge < -0.3 is 19.2 Å². The average molecular weight is 354 g/mol. The summed E-state index contributed by atoms with van der Waals surface area (Å²) in [5, 5.41) is 3.50. The Hall–Kier alpha value is -1.46. The number of halogens is 1. The van der Waals surface area contributed by atoms with Crippen LogP contribution in [0.1, 0.15) is 30.7 Å². The van der Waals surface area contributed by atoms with E-state index in [1.54, 1.807) is 20.5 Å². The van der Waals surface area contributed by atoms with Gasteiger partial charge in [0.1, 0.15) is 5.76 Å². The van der Waals surface area contributed by atoms with Crippen LogP contribution in [0.4, 0.5) is 0 Å². The van der Waals surface area contributed by atoms with Crippen molar-refractivity contribution in [1.29, 1.82) is 0 Å². The van der Waals surface area contributed by atoms with Crippen LogP contribution in [0.3, 0.4) is 0 Å². The Morgan fingerprint density at radius 1 is 1.24 bits per heavy atom. The summed E-state index contributed by atoms with van der Waals surface area (Å²) in [4.78, 5) is 0. The molecule has 2 rings (SSSR count). The molecule has 0 saturated heterocycles. The van der Waals surface area contributed by atoms with E-state index in [9.17, 15) is 0 Å². The Labute approximate surface area is 133 Å². The minimum absolute atomic E-state index is 0.0332. The van der Waals surface area contributed by atoms with E-state index in [1.165, 1.54) is 0 Å². The maximum Gasteiger partial charge on any atom is 0.161 e. The van der Waals surface area contributed by atoms with Gasteiger partial charge in [-0.05, 0) is 42.8 Å². The quantitative estimate of drug-likeness (QED) is 0.811. The second-order valence-electron chi connectivity index (χ2n) is 4.63. The molecule has 5 heteroatoms. The predicted octanol–water partition coefficient (Wildman–Crippen LogP) is 4.15. The van der Waals surface area contributed by atoms with Gasteiger partial charge in [0.05, 0.1) is 26.5 Å². The number of hydrogen-bond acceptors (Lipinski definition) is 4. The predicted molar refractivity (Wildman–Crippen MR) is 86.1 cm³/mol. The van der Waals surface area contributed by atoms with Gasteiger partial charge >= 0.3 is 0 Å². The van der Waals surface area contributed by atoms with E-state index in [2.05, 4.69) is 28.2 Å². The lowest BCUT2D eigenvalue weighted by Crippen LogP contribution is -2.23. The molecular weight excluding hydrogens is 334 g/mol. The number of furan rings is 1. The van der Waals surface area contributed by atoms with Gasteiger partial charge in [0.15, 0.2) is 11.5 Å². The lowest BCUT2D eigenvalue weighted by molar-refractivity contribution is 0.353. The first-order valence-corrected chi connectivity index (χ1v) is 7.68. The highest BCUT2D eigenvalue weighted by Gasteiger charge is 2.21. The first-order valence-electron chi connectivity index (χ1n) is 6.89. The molecule has 0 amide bonds. The van der Waals surface area contributed by atoms with Crippen molar-refractivity contribution in [3.05, 3.63) is 46.3 Å². The molecule has 1 heterocycles. The molecule has 0 spiro atoms. The maximum absolute atomic E-state index is 5.58. The van der Waals surface area contributed by atoms with E-state index in [0.717, 1.165) is 28.8 Å². The van der Waals surface area contributed by atoms with E-state index < -0.39 is 0 Å². The largest absolute Gasteiger partial charge is 0.493 e. The molecule has 114 valence electrons. The van der Waals surface area contributed by atoms with Gasteiger partial charge in [-0.15, -0.1) is 0 Å². The van der Waals surface area contributed by atoms with E-state index in [0.29, 0.717) is 11.5 Å². The Morgan fingerprint density at radius 2 is 1.95 bits per heavy atom. The van der Waals surface area contributed by atoms with Crippen molar-refractivity contribution < 1.29 is 13.9 Å². The molecule has 0 aliphatic rings. The lowest BCUT2D eigenvalue weighted by atomic mass is 10.0. The van der Waals surface area contributed by atoms with Gasteiger partial charge in [-0.1, -0.05) is 22.9 Å². The number of ether oxygens (including phenoxy) is 2. The first-order chi connectivity index (χ1) is 10.2. The van der Waals surface area contributed by atoms with Crippen LogP contribution in [-0.2, 0) is 0 Å². The van der Waals surface area contributed by atoms with Crippen LogP contribution in [0.25, 0.3) is 0 Å². The normalized spacial score (nSPS) is 12.2. The van der Waals surface area contributed by atoms with Gasteiger partial charge in [-0.3, -0.25) is 0 Å². The van der Waals surface area contributed by atoms with Crippen LogP contribution < -0.4 is 14.8 Å². The fraction of sp³-hybridized carbons (Fsp3) is 0.375. The Kier molecular flexibility index (Phi) is 5.70. The van der Waals surface area contributed by atoms with Crippen LogP contribution in [-0.4, -0.2) is 20.8 Å². The molecular formula is C16H20BrNO3. The molecule has 21 heavy (non-hydrogen) atoms. The van der Waals surface area contributed by atoms with Crippen LogP contribution in [0.2, 0.25) is 0 Å². The molecule has 0 saturated carbocycles. The van der Waals surface area contributed by atoms with Crippen molar-refractivity contribution in [2.75, 3.05) is 20.8 Å². The number of methoxy groups -OCH3 is 2. The molecule has 1 aromatic heterocycles. The molecule has 1 atom stereocenters. The smallest absolute Gasteiger partial charge is 0.161 e. The third-order valence-corrected chi connectivity index (χ3v) is 3.93. The van der Waals surface area contributed by atoms with Crippen molar-refractivity contribution in [3.63, 3.8) is 0 Å². The monoisotopic (exact) mass is 353 g/mol. The summed E-state index contributed by atoms with van der Waals surface area (Å²) in [6, 6.07) is 7.71. The summed E-state index contributed by atoms with van der Waals surface area (Å²) in [6.45, 7) is 3.03. The summed E-state index contributed by atoms with van der Waals surface area (Å²) in [6.07, 6.45) is 2.73. The molecule has 0 aliphatic heterocycles. The van der Waals surface area contributed by atoms with Crippen LogP contribution in [0.5, 0.6) is 11.5 Å². The van der Waals surface area contributed by atoms with Gasteiger partial charge in [-0.2, -0.15) is 0 Å². The molecule has 4 nitrogen and oxygen atoms in total. The number of rotatable bonds is 7. The van der Waals surface area contributed by atoms with Gasteiger partial charge in [0.25, 0.3) is 0 Å². The Bertz CT molecular complexity index is 569. The summed E-state index contributed by atoms with van der Waals surface area (Å²) in [7, 11) is 3.26. The van der Waals surface area contributed by atoms with Crippen molar-refractivity contribution in [2.45, 2.75) is 19.4 Å². The Morgan fingerprint density at radius 3 is 2.52 bits per heavy atom. The number of hydrogen-bond donors (Lipinski definition) is 1. The number of benzene rings is 1. The zero-order valence-electron chi connectivity index (χ0n) is 12.5. The molecule has 1 N–H and O–H groups in total. The fourth-order valence-electron chi connectivity index (χ4n) is 2.20. The highest BCUT2D eigenvalue weighted by Crippen LogP contribution is 2.38. The average Bonchev–Trinajstić information content (AvgIpc) is 3.02. The Balaban J connectivity index is 2.44. The summed E-state index contributed by atoms with van der Waals surface area (Å²) < 4.78 is 17.3. The highest BCUT2D eigenvalue weighted by molar-refractivity contribution is 9.10. The SMILES string of the molecule is CCCNC(c1ccco1)c1cc(OC)c(OC)cc1Br. The van der Waals surface area contributed by atoms with E-state index in [4.69, 9.17) is 13.9 Å². The van der Waals surface area contributed by atoms with Crippen LogP contribution >= 0.6 is 15.9 Å². The standard InChI is InChI=1S/C16H20BrNO3/c1-4-7-18-16(13-6-5-8-21-13)11-9-14(19-2)15(20-3)10-12(11)17/h5-6,8-10,16,18H,4,7H2,1-3H3. The van der Waals surface area contributed by atoms with E-state index in [-0.39, 0.29) is 6.04 Å². The molecule has 0 bridgehead atoms. The van der Waals surface area contributed by atoms with E-state index in [1.807, 2.05) is 24.3 Å². The lowest BCUT2D eigenvalue weighted by Gasteiger charge is -2.20. The van der Waals surface area contributed by atoms with Gasteiger partial charge in [0.2, 0.25) is 0 Å². The van der Waals surface area contributed by atoms with Crippen LogP contribution in [0.15, 0.2) is 39.4 Å². The second kappa shape index (κ2) is 7.52. The molecule has 1 aromatic carbocycles. The van der Waals surface area contributed by atoms with Crippen molar-refractivity contribution >= 4 is 15.9 Å². The zero-order valence-corrected chi connectivity index (χ0v) is 14.1. The highest BCUT2D eigenvalue weighted by atomic mass is 79.9. The van der Waals surface area contributed by atoms with Gasteiger partial charge in [-0.25, -0.2) is 0 Å². The van der Waals surface area contributed by atoms with Crippen LogP contribution in [0, 0.1) is 0 Å². The first kappa shape index (κ1) is 15.9. The van der Waals surface area contributed by atoms with Crippen molar-refractivity contribution in [2.24, 2.45) is 0 Å². The van der Waals surface area contributed by atoms with E-state index >= 15 is 0 Å². The summed E-state index contributed by atoms with van der Waals surface area (Å²) in [5.74, 6) is 2.27. The third kappa shape index (κ3) is 3.60. The molecule has 0 fully saturated rings. The maximum atomic E-state index is 5.58. The van der Waals surface area contributed by atoms with Gasteiger partial charge in [0, 0.05) is 4.47 Å². The molecule has 0 aliphatic carbocycles. The van der Waals surface area contributed by atoms with Crippen molar-refractivity contribution in [3.8, 4) is 11.5 Å². The fourth-order valence-corrected chi connectivity index (χ4v) is 2.75. The summed E-state index contributed by atoms with van der Waals surface area (Å²) >= 11 is 3.61. The number of nitrogens with one attached hydrogen (secondary N) is 1. The molecule has 1 unspecified atom stereocenters. The zero-order chi connectivity index (χ0) is 15.2. The minimum atomic E-state index is -0.0332. The topological polar surface area (TPSA) is 43.6 Å². The second-order valence-corrected chi connectivity index (χ2v) is 5.49. The third-order valence-electron chi connectivity index (χ3n) is 3.24. The minimum Gasteiger partial charge on any atom is -0.493 e.